The Hall–Kier alpha value is -1.46. The first kappa shape index (κ1) is 13.5. The summed E-state index contributed by atoms with van der Waals surface area (Å²) < 4.78 is 13.5. The van der Waals surface area contributed by atoms with Crippen molar-refractivity contribution in [2.75, 3.05) is 6.54 Å². The van der Waals surface area contributed by atoms with Gasteiger partial charge < -0.3 is 5.32 Å². The molecule has 4 nitrogen and oxygen atoms in total. The number of benzene rings is 1. The van der Waals surface area contributed by atoms with Crippen molar-refractivity contribution in [3.63, 3.8) is 0 Å². The SMILES string of the molecule is O=C(NCCc1ccccc1F)C1NNC2CCCC21. The molecule has 1 heterocycles. The van der Waals surface area contributed by atoms with Gasteiger partial charge in [-0.25, -0.2) is 9.82 Å². The highest BCUT2D eigenvalue weighted by molar-refractivity contribution is 5.82. The molecule has 20 heavy (non-hydrogen) atoms. The van der Waals surface area contributed by atoms with Crippen molar-refractivity contribution >= 4 is 5.91 Å². The lowest BCUT2D eigenvalue weighted by molar-refractivity contribution is -0.123. The molecule has 1 aromatic carbocycles. The van der Waals surface area contributed by atoms with Crippen LogP contribution in [-0.2, 0) is 11.2 Å². The van der Waals surface area contributed by atoms with Crippen LogP contribution < -0.4 is 16.2 Å². The minimum atomic E-state index is -0.210. The van der Waals surface area contributed by atoms with Crippen molar-refractivity contribution in [3.05, 3.63) is 35.6 Å². The summed E-state index contributed by atoms with van der Waals surface area (Å²) in [6.07, 6.45) is 3.93. The van der Waals surface area contributed by atoms with Crippen LogP contribution in [0.1, 0.15) is 24.8 Å². The topological polar surface area (TPSA) is 53.2 Å². The van der Waals surface area contributed by atoms with Crippen LogP contribution in [0.4, 0.5) is 4.39 Å². The maximum Gasteiger partial charge on any atom is 0.238 e. The van der Waals surface area contributed by atoms with E-state index in [9.17, 15) is 9.18 Å². The van der Waals surface area contributed by atoms with Gasteiger partial charge in [-0.15, -0.1) is 0 Å². The summed E-state index contributed by atoms with van der Waals surface area (Å²) in [4.78, 5) is 12.2. The van der Waals surface area contributed by atoms with Crippen molar-refractivity contribution in [2.24, 2.45) is 5.92 Å². The van der Waals surface area contributed by atoms with Crippen LogP contribution in [0.2, 0.25) is 0 Å². The third kappa shape index (κ3) is 2.69. The van der Waals surface area contributed by atoms with Crippen LogP contribution in [-0.4, -0.2) is 24.5 Å². The summed E-state index contributed by atoms with van der Waals surface area (Å²) in [5.74, 6) is 0.199. The Balaban J connectivity index is 1.49. The maximum atomic E-state index is 13.5. The Morgan fingerprint density at radius 3 is 3.00 bits per heavy atom. The number of carbonyl (C=O) groups is 1. The van der Waals surface area contributed by atoms with Gasteiger partial charge in [0.1, 0.15) is 11.9 Å². The van der Waals surface area contributed by atoms with Crippen molar-refractivity contribution in [3.8, 4) is 0 Å². The van der Waals surface area contributed by atoms with Gasteiger partial charge in [-0.2, -0.15) is 0 Å². The van der Waals surface area contributed by atoms with Crippen LogP contribution >= 0.6 is 0 Å². The van der Waals surface area contributed by atoms with E-state index >= 15 is 0 Å². The largest absolute Gasteiger partial charge is 0.354 e. The lowest BCUT2D eigenvalue weighted by Gasteiger charge is -2.16. The molecular weight excluding hydrogens is 257 g/mol. The number of fused-ring (bicyclic) bond motifs is 1. The molecule has 1 aliphatic carbocycles. The molecule has 0 bridgehead atoms. The third-order valence-electron chi connectivity index (χ3n) is 4.36. The van der Waals surface area contributed by atoms with Crippen LogP contribution in [0, 0.1) is 11.7 Å². The molecule has 0 aromatic heterocycles. The van der Waals surface area contributed by atoms with Crippen molar-refractivity contribution < 1.29 is 9.18 Å². The number of carbonyl (C=O) groups excluding carboxylic acids is 1. The van der Waals surface area contributed by atoms with Crippen LogP contribution in [0.25, 0.3) is 0 Å². The molecule has 1 amide bonds. The zero-order valence-electron chi connectivity index (χ0n) is 11.4. The second-order valence-corrected chi connectivity index (χ2v) is 5.60. The fourth-order valence-corrected chi connectivity index (χ4v) is 3.26. The van der Waals surface area contributed by atoms with E-state index in [0.717, 1.165) is 12.8 Å². The molecule has 1 saturated heterocycles. The number of nitrogens with one attached hydrogen (secondary N) is 3. The Bertz CT molecular complexity index is 494. The van der Waals surface area contributed by atoms with E-state index < -0.39 is 0 Å². The maximum absolute atomic E-state index is 13.5. The highest BCUT2D eigenvalue weighted by Crippen LogP contribution is 2.31. The van der Waals surface area contributed by atoms with E-state index in [2.05, 4.69) is 16.2 Å². The van der Waals surface area contributed by atoms with Crippen LogP contribution in [0.5, 0.6) is 0 Å². The monoisotopic (exact) mass is 277 g/mol. The summed E-state index contributed by atoms with van der Waals surface area (Å²) >= 11 is 0. The molecule has 5 heteroatoms. The zero-order chi connectivity index (χ0) is 13.9. The first-order valence-corrected chi connectivity index (χ1v) is 7.28. The predicted molar refractivity (Wildman–Crippen MR) is 74.3 cm³/mol. The van der Waals surface area contributed by atoms with Crippen molar-refractivity contribution in [1.29, 1.82) is 0 Å². The van der Waals surface area contributed by atoms with Gasteiger partial charge in [0, 0.05) is 18.5 Å². The molecule has 3 unspecified atom stereocenters. The lowest BCUT2D eigenvalue weighted by Crippen LogP contribution is -2.46. The molecule has 3 atom stereocenters. The fourth-order valence-electron chi connectivity index (χ4n) is 3.26. The first-order valence-electron chi connectivity index (χ1n) is 7.28. The Morgan fingerprint density at radius 1 is 1.30 bits per heavy atom. The molecule has 1 aliphatic heterocycles. The van der Waals surface area contributed by atoms with Gasteiger partial charge in [0.2, 0.25) is 5.91 Å². The first-order chi connectivity index (χ1) is 9.75. The standard InChI is InChI=1S/C15H20FN3O/c16-12-6-2-1-4-10(12)8-9-17-15(20)14-11-5-3-7-13(11)18-19-14/h1-2,4,6,11,13-14,18-19H,3,5,7-9H2,(H,17,20). The number of rotatable bonds is 4. The van der Waals surface area contributed by atoms with Gasteiger partial charge in [0.15, 0.2) is 0 Å². The third-order valence-corrected chi connectivity index (χ3v) is 4.36. The minimum absolute atomic E-state index is 0.0169. The molecule has 1 aromatic rings. The van der Waals surface area contributed by atoms with Gasteiger partial charge in [0.05, 0.1) is 0 Å². The summed E-state index contributed by atoms with van der Waals surface area (Å²) in [6.45, 7) is 0.468. The van der Waals surface area contributed by atoms with E-state index in [1.165, 1.54) is 12.5 Å². The number of halogens is 1. The van der Waals surface area contributed by atoms with E-state index in [4.69, 9.17) is 0 Å². The minimum Gasteiger partial charge on any atom is -0.354 e. The van der Waals surface area contributed by atoms with Gasteiger partial charge in [-0.1, -0.05) is 24.6 Å². The molecule has 0 radical (unpaired) electrons. The molecular formula is C15H20FN3O. The number of hydrogen-bond donors (Lipinski definition) is 3. The molecule has 2 aliphatic rings. The van der Waals surface area contributed by atoms with E-state index in [0.29, 0.717) is 30.5 Å². The van der Waals surface area contributed by atoms with E-state index in [-0.39, 0.29) is 17.8 Å². The van der Waals surface area contributed by atoms with Gasteiger partial charge in [-0.05, 0) is 30.9 Å². The number of hydrazine groups is 1. The summed E-state index contributed by atoms with van der Waals surface area (Å²) in [5.41, 5.74) is 6.92. The van der Waals surface area contributed by atoms with Gasteiger partial charge in [0.25, 0.3) is 0 Å². The smallest absolute Gasteiger partial charge is 0.238 e. The Labute approximate surface area is 118 Å². The van der Waals surface area contributed by atoms with E-state index in [1.807, 2.05) is 6.07 Å². The summed E-state index contributed by atoms with van der Waals surface area (Å²) in [6, 6.07) is 6.96. The second-order valence-electron chi connectivity index (χ2n) is 5.60. The number of hydrogen-bond acceptors (Lipinski definition) is 3. The normalized spacial score (nSPS) is 28.4. The fraction of sp³-hybridized carbons (Fsp3) is 0.533. The molecule has 2 fully saturated rings. The highest BCUT2D eigenvalue weighted by atomic mass is 19.1. The lowest BCUT2D eigenvalue weighted by atomic mass is 9.96. The molecule has 3 N–H and O–H groups in total. The second kappa shape index (κ2) is 5.89. The number of amides is 1. The zero-order valence-corrected chi connectivity index (χ0v) is 11.4. The Morgan fingerprint density at radius 2 is 2.15 bits per heavy atom. The summed E-state index contributed by atoms with van der Waals surface area (Å²) in [7, 11) is 0. The van der Waals surface area contributed by atoms with Crippen molar-refractivity contribution in [2.45, 2.75) is 37.8 Å². The summed E-state index contributed by atoms with van der Waals surface area (Å²) in [5, 5.41) is 2.90. The quantitative estimate of drug-likeness (QED) is 0.773. The molecule has 0 spiro atoms. The Kier molecular flexibility index (Phi) is 3.98. The van der Waals surface area contributed by atoms with Gasteiger partial charge >= 0.3 is 0 Å². The molecule has 3 rings (SSSR count). The predicted octanol–water partition coefficient (Wildman–Crippen LogP) is 1.13. The average molecular weight is 277 g/mol. The molecule has 108 valence electrons. The van der Waals surface area contributed by atoms with Gasteiger partial charge in [-0.3, -0.25) is 10.2 Å². The van der Waals surface area contributed by atoms with Crippen LogP contribution in [0.15, 0.2) is 24.3 Å². The van der Waals surface area contributed by atoms with E-state index in [1.54, 1.807) is 12.1 Å². The highest BCUT2D eigenvalue weighted by Gasteiger charge is 2.42. The average Bonchev–Trinajstić information content (AvgIpc) is 3.03. The van der Waals surface area contributed by atoms with Crippen LogP contribution in [0.3, 0.4) is 0 Å². The van der Waals surface area contributed by atoms with Crippen molar-refractivity contribution in [1.82, 2.24) is 16.2 Å². The molecule has 1 saturated carbocycles.